The van der Waals surface area contributed by atoms with E-state index in [0.29, 0.717) is 12.5 Å². The number of nitrogen functional groups attached to an aromatic ring is 1. The van der Waals surface area contributed by atoms with Crippen molar-refractivity contribution in [3.05, 3.63) is 9.26 Å². The number of aryl methyl sites for hydroxylation is 1. The number of hydrogen-bond acceptors (Lipinski definition) is 4. The molecule has 0 unspecified atom stereocenters. The van der Waals surface area contributed by atoms with Gasteiger partial charge in [0, 0.05) is 0 Å². The number of anilines is 1. The largest absolute Gasteiger partial charge is 0.477 e. The Hall–Kier alpha value is -0.590. The van der Waals surface area contributed by atoms with Gasteiger partial charge in [-0.15, -0.1) is 0 Å². The van der Waals surface area contributed by atoms with Gasteiger partial charge in [0.15, 0.2) is 0 Å². The fraction of sp³-hybridized carbons (Fsp3) is 0.429. The maximum absolute atomic E-state index is 5.45. The van der Waals surface area contributed by atoms with Gasteiger partial charge in [-0.2, -0.15) is 4.98 Å². The summed E-state index contributed by atoms with van der Waals surface area (Å²) in [4.78, 5) is 7.96. The van der Waals surface area contributed by atoms with Crippen molar-refractivity contribution in [2.24, 2.45) is 0 Å². The molecule has 66 valence electrons. The highest BCUT2D eigenvalue weighted by Gasteiger charge is 2.07. The van der Waals surface area contributed by atoms with Crippen molar-refractivity contribution in [1.82, 2.24) is 9.97 Å². The molecule has 1 rings (SSSR count). The summed E-state index contributed by atoms with van der Waals surface area (Å²) in [6.45, 7) is 4.37. The zero-order chi connectivity index (χ0) is 9.14. The van der Waals surface area contributed by atoms with Crippen LogP contribution in [0.4, 0.5) is 5.95 Å². The van der Waals surface area contributed by atoms with Crippen molar-refractivity contribution in [3.63, 3.8) is 0 Å². The zero-order valence-electron chi connectivity index (χ0n) is 6.97. The molecule has 4 nitrogen and oxygen atoms in total. The van der Waals surface area contributed by atoms with Gasteiger partial charge in [-0.25, -0.2) is 4.98 Å². The zero-order valence-corrected chi connectivity index (χ0v) is 9.12. The molecule has 1 heterocycles. The van der Waals surface area contributed by atoms with Crippen LogP contribution in [0.5, 0.6) is 5.88 Å². The maximum Gasteiger partial charge on any atom is 0.232 e. The fourth-order valence-electron chi connectivity index (χ4n) is 0.786. The Kier molecular flexibility index (Phi) is 3.07. The maximum atomic E-state index is 5.45. The van der Waals surface area contributed by atoms with Gasteiger partial charge in [0.05, 0.1) is 15.9 Å². The summed E-state index contributed by atoms with van der Waals surface area (Å²) >= 11 is 2.14. The predicted octanol–water partition coefficient (Wildman–Crippen LogP) is 1.37. The molecule has 0 saturated heterocycles. The van der Waals surface area contributed by atoms with Crippen molar-refractivity contribution in [2.45, 2.75) is 13.8 Å². The fourth-order valence-corrected chi connectivity index (χ4v) is 1.18. The van der Waals surface area contributed by atoms with Crippen LogP contribution in [-0.2, 0) is 0 Å². The Bertz CT molecular complexity index is 290. The first-order chi connectivity index (χ1) is 5.65. The molecule has 0 atom stereocenters. The summed E-state index contributed by atoms with van der Waals surface area (Å²) < 4.78 is 6.18. The van der Waals surface area contributed by atoms with E-state index in [1.54, 1.807) is 0 Å². The number of nitrogens with zero attached hydrogens (tertiary/aromatic N) is 2. The monoisotopic (exact) mass is 279 g/mol. The first kappa shape index (κ1) is 9.50. The van der Waals surface area contributed by atoms with E-state index in [2.05, 4.69) is 32.6 Å². The van der Waals surface area contributed by atoms with Crippen LogP contribution >= 0.6 is 22.6 Å². The second-order valence-electron chi connectivity index (χ2n) is 2.22. The van der Waals surface area contributed by atoms with E-state index in [9.17, 15) is 0 Å². The average Bonchev–Trinajstić information content (AvgIpc) is 2.00. The molecule has 0 aliphatic carbocycles. The van der Waals surface area contributed by atoms with Crippen LogP contribution in [-0.4, -0.2) is 16.6 Å². The van der Waals surface area contributed by atoms with Gasteiger partial charge in [-0.1, -0.05) is 0 Å². The van der Waals surface area contributed by atoms with E-state index in [1.807, 2.05) is 13.8 Å². The number of halogens is 1. The molecule has 0 aliphatic heterocycles. The minimum Gasteiger partial charge on any atom is -0.477 e. The van der Waals surface area contributed by atoms with E-state index >= 15 is 0 Å². The van der Waals surface area contributed by atoms with Crippen LogP contribution in [0, 0.1) is 10.5 Å². The highest BCUT2D eigenvalue weighted by atomic mass is 127. The lowest BCUT2D eigenvalue weighted by Gasteiger charge is -2.06. The molecule has 0 fully saturated rings. The highest BCUT2D eigenvalue weighted by Crippen LogP contribution is 2.21. The van der Waals surface area contributed by atoms with Crippen molar-refractivity contribution in [2.75, 3.05) is 12.3 Å². The van der Waals surface area contributed by atoms with Gasteiger partial charge in [0.1, 0.15) is 0 Å². The molecule has 0 radical (unpaired) electrons. The molecular weight excluding hydrogens is 269 g/mol. The Morgan fingerprint density at radius 3 is 2.75 bits per heavy atom. The molecule has 1 aromatic heterocycles. The molecular formula is C7H10IN3O. The smallest absolute Gasteiger partial charge is 0.232 e. The summed E-state index contributed by atoms with van der Waals surface area (Å²) in [5.41, 5.74) is 6.31. The first-order valence-electron chi connectivity index (χ1n) is 3.57. The van der Waals surface area contributed by atoms with Crippen LogP contribution < -0.4 is 10.5 Å². The minimum absolute atomic E-state index is 0.261. The van der Waals surface area contributed by atoms with Gasteiger partial charge in [-0.05, 0) is 36.4 Å². The SMILES string of the molecule is CCOc1nc(N)nc(C)c1I. The molecule has 2 N–H and O–H groups in total. The summed E-state index contributed by atoms with van der Waals surface area (Å²) in [5, 5.41) is 0. The molecule has 5 heteroatoms. The van der Waals surface area contributed by atoms with Crippen molar-refractivity contribution in [3.8, 4) is 5.88 Å². The Labute approximate surface area is 84.7 Å². The van der Waals surface area contributed by atoms with Gasteiger partial charge in [0.2, 0.25) is 11.8 Å². The standard InChI is InChI=1S/C7H10IN3O/c1-3-12-6-5(8)4(2)10-7(9)11-6/h3H2,1-2H3,(H2,9,10,11). The second kappa shape index (κ2) is 3.88. The predicted molar refractivity (Wildman–Crippen MR) is 55.1 cm³/mol. The summed E-state index contributed by atoms with van der Waals surface area (Å²) in [6.07, 6.45) is 0. The van der Waals surface area contributed by atoms with Crippen LogP contribution in [0.3, 0.4) is 0 Å². The van der Waals surface area contributed by atoms with Gasteiger partial charge >= 0.3 is 0 Å². The van der Waals surface area contributed by atoms with Crippen molar-refractivity contribution in [1.29, 1.82) is 0 Å². The normalized spacial score (nSPS) is 9.92. The quantitative estimate of drug-likeness (QED) is 0.831. The molecule has 12 heavy (non-hydrogen) atoms. The summed E-state index contributed by atoms with van der Waals surface area (Å²) in [6, 6.07) is 0. The lowest BCUT2D eigenvalue weighted by Crippen LogP contribution is -2.04. The van der Waals surface area contributed by atoms with E-state index in [1.165, 1.54) is 0 Å². The van der Waals surface area contributed by atoms with E-state index in [-0.39, 0.29) is 5.95 Å². The van der Waals surface area contributed by atoms with E-state index in [0.717, 1.165) is 9.26 Å². The lowest BCUT2D eigenvalue weighted by atomic mass is 10.4. The van der Waals surface area contributed by atoms with Gasteiger partial charge < -0.3 is 10.5 Å². The van der Waals surface area contributed by atoms with Crippen LogP contribution in [0.2, 0.25) is 0 Å². The number of ether oxygens (including phenoxy) is 1. The Balaban J connectivity index is 3.09. The third kappa shape index (κ3) is 1.96. The molecule has 1 aromatic rings. The number of rotatable bonds is 2. The molecule has 0 bridgehead atoms. The Morgan fingerprint density at radius 2 is 2.17 bits per heavy atom. The van der Waals surface area contributed by atoms with Crippen LogP contribution in [0.25, 0.3) is 0 Å². The average molecular weight is 279 g/mol. The van der Waals surface area contributed by atoms with Gasteiger partial charge in [0.25, 0.3) is 0 Å². The third-order valence-corrected chi connectivity index (χ3v) is 2.53. The Morgan fingerprint density at radius 1 is 1.50 bits per heavy atom. The number of hydrogen-bond donors (Lipinski definition) is 1. The van der Waals surface area contributed by atoms with E-state index in [4.69, 9.17) is 10.5 Å². The topological polar surface area (TPSA) is 61.0 Å². The molecule has 0 aliphatic rings. The number of nitrogens with two attached hydrogens (primary N) is 1. The first-order valence-corrected chi connectivity index (χ1v) is 4.65. The minimum atomic E-state index is 0.261. The van der Waals surface area contributed by atoms with Crippen LogP contribution in [0.1, 0.15) is 12.6 Å². The highest BCUT2D eigenvalue weighted by molar-refractivity contribution is 14.1. The van der Waals surface area contributed by atoms with Gasteiger partial charge in [-0.3, -0.25) is 0 Å². The molecule has 0 amide bonds. The number of aromatic nitrogens is 2. The summed E-state index contributed by atoms with van der Waals surface area (Å²) in [5.74, 6) is 0.833. The molecule has 0 spiro atoms. The van der Waals surface area contributed by atoms with Crippen molar-refractivity contribution < 1.29 is 4.74 Å². The van der Waals surface area contributed by atoms with E-state index < -0.39 is 0 Å². The summed E-state index contributed by atoms with van der Waals surface area (Å²) in [7, 11) is 0. The molecule has 0 saturated carbocycles. The van der Waals surface area contributed by atoms with Crippen molar-refractivity contribution >= 4 is 28.5 Å². The third-order valence-electron chi connectivity index (χ3n) is 1.28. The lowest BCUT2D eigenvalue weighted by molar-refractivity contribution is 0.323. The van der Waals surface area contributed by atoms with Crippen LogP contribution in [0.15, 0.2) is 0 Å². The molecule has 0 aromatic carbocycles. The second-order valence-corrected chi connectivity index (χ2v) is 3.30.